The molecule has 4 rings (SSSR count). The van der Waals surface area contributed by atoms with Crippen molar-refractivity contribution in [3.05, 3.63) is 59.9 Å². The molecule has 2 fully saturated rings. The summed E-state index contributed by atoms with van der Waals surface area (Å²) in [6, 6.07) is 11.4. The summed E-state index contributed by atoms with van der Waals surface area (Å²) in [5, 5.41) is 6.87. The highest BCUT2D eigenvalue weighted by Gasteiger charge is 2.41. The molecule has 2 aromatic carbocycles. The van der Waals surface area contributed by atoms with Gasteiger partial charge in [0, 0.05) is 36.0 Å². The lowest BCUT2D eigenvalue weighted by molar-refractivity contribution is -0.132. The quantitative estimate of drug-likeness (QED) is 0.345. The summed E-state index contributed by atoms with van der Waals surface area (Å²) in [5.41, 5.74) is 0.531. The van der Waals surface area contributed by atoms with E-state index in [0.717, 1.165) is 30.2 Å². The van der Waals surface area contributed by atoms with Crippen LogP contribution in [0.3, 0.4) is 0 Å². The summed E-state index contributed by atoms with van der Waals surface area (Å²) in [6.07, 6.45) is 3.39. The normalized spacial score (nSPS) is 21.5. The second-order valence-electron chi connectivity index (χ2n) is 14.0. The van der Waals surface area contributed by atoms with Crippen LogP contribution in [0.4, 0.5) is 4.39 Å². The van der Waals surface area contributed by atoms with Gasteiger partial charge in [-0.15, -0.1) is 0 Å². The Hall–Kier alpha value is -2.82. The number of Topliss-reactive ketones (excluding diaryl/α,β-unsaturated/α-hetero) is 1. The Morgan fingerprint density at radius 3 is 2.32 bits per heavy atom. The molecule has 0 aliphatic carbocycles. The standard InChI is InChI=1S/C34H48FN3O5S/c1-23(2)43-28-15-13-24(14-16-28)18-25(32(40)36-27-21-33(3,4)37-34(5,6)22-27)19-31(39)30-12-7-8-17-38(30)44(41,42)29-11-9-10-26(35)20-29/h9-11,13-16,20,23,25,27,30,37H,7-8,12,17-19,21-22H2,1-6H3,(H,36,40)/t25?,30-/m0/s1. The van der Waals surface area contributed by atoms with Crippen LogP contribution in [-0.4, -0.2) is 60.2 Å². The lowest BCUT2D eigenvalue weighted by atomic mass is 9.79. The number of rotatable bonds is 11. The van der Waals surface area contributed by atoms with Crippen molar-refractivity contribution in [2.24, 2.45) is 5.92 Å². The summed E-state index contributed by atoms with van der Waals surface area (Å²) in [5.74, 6) is -1.14. The Balaban J connectivity index is 1.57. The molecule has 1 amide bonds. The van der Waals surface area contributed by atoms with Crippen LogP contribution in [-0.2, 0) is 26.0 Å². The van der Waals surface area contributed by atoms with E-state index in [1.54, 1.807) is 0 Å². The van der Waals surface area contributed by atoms with Gasteiger partial charge in [-0.05, 0) is 110 Å². The number of amides is 1. The summed E-state index contributed by atoms with van der Waals surface area (Å²) < 4.78 is 48.1. The Morgan fingerprint density at radius 2 is 1.70 bits per heavy atom. The summed E-state index contributed by atoms with van der Waals surface area (Å²) >= 11 is 0. The third-order valence-electron chi connectivity index (χ3n) is 8.36. The summed E-state index contributed by atoms with van der Waals surface area (Å²) in [4.78, 5) is 27.7. The van der Waals surface area contributed by atoms with Crippen molar-refractivity contribution in [2.75, 3.05) is 6.54 Å². The number of nitrogens with zero attached hydrogens (tertiary/aromatic N) is 1. The molecule has 2 N–H and O–H groups in total. The Morgan fingerprint density at radius 1 is 1.05 bits per heavy atom. The van der Waals surface area contributed by atoms with Gasteiger partial charge in [0.1, 0.15) is 11.6 Å². The molecule has 0 aromatic heterocycles. The summed E-state index contributed by atoms with van der Waals surface area (Å²) in [7, 11) is -4.11. The first-order valence-corrected chi connectivity index (χ1v) is 17.1. The number of ketones is 1. The number of nitrogens with one attached hydrogen (secondary N) is 2. The molecule has 10 heteroatoms. The predicted octanol–water partition coefficient (Wildman–Crippen LogP) is 5.40. The number of piperidine rings is 2. The van der Waals surface area contributed by atoms with Gasteiger partial charge < -0.3 is 15.4 Å². The minimum absolute atomic E-state index is 0.0255. The van der Waals surface area contributed by atoms with Crippen LogP contribution in [0.2, 0.25) is 0 Å². The second-order valence-corrected chi connectivity index (χ2v) is 15.9. The Kier molecular flexibility index (Phi) is 10.6. The number of ether oxygens (including phenoxy) is 1. The topological polar surface area (TPSA) is 105 Å². The first-order valence-electron chi connectivity index (χ1n) is 15.7. The van der Waals surface area contributed by atoms with Crippen molar-refractivity contribution >= 4 is 21.7 Å². The average molecular weight is 630 g/mol. The van der Waals surface area contributed by atoms with Crippen LogP contribution >= 0.6 is 0 Å². The number of carbonyl (C=O) groups is 2. The zero-order chi connectivity index (χ0) is 32.3. The minimum atomic E-state index is -4.11. The number of hydrogen-bond donors (Lipinski definition) is 2. The van der Waals surface area contributed by atoms with Crippen molar-refractivity contribution in [2.45, 2.75) is 121 Å². The maximum absolute atomic E-state index is 14.0. The average Bonchev–Trinajstić information content (AvgIpc) is 2.91. The van der Waals surface area contributed by atoms with E-state index in [1.807, 2.05) is 38.1 Å². The molecule has 8 nitrogen and oxygen atoms in total. The maximum Gasteiger partial charge on any atom is 0.243 e. The van der Waals surface area contributed by atoms with Crippen LogP contribution in [0.1, 0.15) is 85.6 Å². The van der Waals surface area contributed by atoms with Gasteiger partial charge >= 0.3 is 0 Å². The van der Waals surface area contributed by atoms with E-state index in [4.69, 9.17) is 4.74 Å². The monoisotopic (exact) mass is 629 g/mol. The fourth-order valence-corrected chi connectivity index (χ4v) is 8.63. The van der Waals surface area contributed by atoms with E-state index < -0.39 is 27.8 Å². The fourth-order valence-electron chi connectivity index (χ4n) is 6.92. The van der Waals surface area contributed by atoms with Crippen LogP contribution < -0.4 is 15.4 Å². The van der Waals surface area contributed by atoms with Gasteiger partial charge in [0.25, 0.3) is 0 Å². The largest absolute Gasteiger partial charge is 0.491 e. The highest BCUT2D eigenvalue weighted by Crippen LogP contribution is 2.31. The van der Waals surface area contributed by atoms with Crippen molar-refractivity contribution in [1.29, 1.82) is 0 Å². The number of sulfonamides is 1. The van der Waals surface area contributed by atoms with Crippen molar-refractivity contribution in [1.82, 2.24) is 14.9 Å². The molecule has 2 heterocycles. The van der Waals surface area contributed by atoms with Gasteiger partial charge in [-0.25, -0.2) is 12.8 Å². The molecule has 0 bridgehead atoms. The molecule has 44 heavy (non-hydrogen) atoms. The number of halogens is 1. The van der Waals surface area contributed by atoms with Crippen LogP contribution in [0.5, 0.6) is 5.75 Å². The van der Waals surface area contributed by atoms with E-state index in [9.17, 15) is 22.4 Å². The molecule has 0 saturated carbocycles. The number of hydrogen-bond acceptors (Lipinski definition) is 6. The van der Waals surface area contributed by atoms with E-state index >= 15 is 0 Å². The first kappa shape index (κ1) is 34.1. The molecule has 0 spiro atoms. The molecule has 2 atom stereocenters. The molecule has 1 unspecified atom stereocenters. The van der Waals surface area contributed by atoms with Crippen molar-refractivity contribution in [3.8, 4) is 5.75 Å². The van der Waals surface area contributed by atoms with Gasteiger partial charge in [0.15, 0.2) is 5.78 Å². The predicted molar refractivity (Wildman–Crippen MR) is 169 cm³/mol. The van der Waals surface area contributed by atoms with Crippen molar-refractivity contribution in [3.63, 3.8) is 0 Å². The van der Waals surface area contributed by atoms with Crippen LogP contribution in [0.25, 0.3) is 0 Å². The molecule has 0 radical (unpaired) electrons. The van der Waals surface area contributed by atoms with E-state index in [2.05, 4.69) is 38.3 Å². The lowest BCUT2D eigenvalue weighted by Gasteiger charge is -2.46. The molecule has 2 saturated heterocycles. The number of benzene rings is 2. The molecule has 242 valence electrons. The van der Waals surface area contributed by atoms with E-state index in [0.29, 0.717) is 25.7 Å². The SMILES string of the molecule is CC(C)Oc1ccc(CC(CC(=O)[C@@H]2CCCCN2S(=O)(=O)c2cccc(F)c2)C(=O)NC2CC(C)(C)NC(C)(C)C2)cc1. The third kappa shape index (κ3) is 8.88. The molecular formula is C34H48FN3O5S. The first-order chi connectivity index (χ1) is 20.5. The van der Waals surface area contributed by atoms with Gasteiger partial charge in [0.2, 0.25) is 15.9 Å². The van der Waals surface area contributed by atoms with E-state index in [1.165, 1.54) is 22.5 Å². The zero-order valence-electron chi connectivity index (χ0n) is 26.9. The van der Waals surface area contributed by atoms with Gasteiger partial charge in [-0.3, -0.25) is 9.59 Å². The van der Waals surface area contributed by atoms with E-state index in [-0.39, 0.29) is 52.8 Å². The van der Waals surface area contributed by atoms with Gasteiger partial charge in [0.05, 0.1) is 17.0 Å². The maximum atomic E-state index is 14.0. The second kappa shape index (κ2) is 13.7. The van der Waals surface area contributed by atoms with Crippen molar-refractivity contribution < 1.29 is 27.1 Å². The minimum Gasteiger partial charge on any atom is -0.491 e. The Labute approximate surface area is 262 Å². The van der Waals surface area contributed by atoms with Gasteiger partial charge in [-0.1, -0.05) is 24.6 Å². The molecule has 2 aromatic rings. The highest BCUT2D eigenvalue weighted by atomic mass is 32.2. The molecule has 2 aliphatic heterocycles. The highest BCUT2D eigenvalue weighted by molar-refractivity contribution is 7.89. The third-order valence-corrected chi connectivity index (χ3v) is 10.3. The zero-order valence-corrected chi connectivity index (χ0v) is 27.7. The van der Waals surface area contributed by atoms with Crippen LogP contribution in [0, 0.1) is 11.7 Å². The van der Waals surface area contributed by atoms with Gasteiger partial charge in [-0.2, -0.15) is 4.31 Å². The number of carbonyl (C=O) groups excluding carboxylic acids is 2. The molecular weight excluding hydrogens is 581 g/mol. The smallest absolute Gasteiger partial charge is 0.243 e. The molecule has 2 aliphatic rings. The lowest BCUT2D eigenvalue weighted by Crippen LogP contribution is -2.62. The Bertz CT molecular complexity index is 1410. The summed E-state index contributed by atoms with van der Waals surface area (Å²) in [6.45, 7) is 12.5. The van der Waals surface area contributed by atoms with Crippen LogP contribution in [0.15, 0.2) is 53.4 Å². The fraction of sp³-hybridized carbons (Fsp3) is 0.588.